The fraction of sp³-hybridized carbons (Fsp3) is 0.375. The highest BCUT2D eigenvalue weighted by Gasteiger charge is 2.35. The molecule has 0 bridgehead atoms. The Morgan fingerprint density at radius 2 is 1.97 bits per heavy atom. The largest absolute Gasteiger partial charge is 0.330 e. The highest BCUT2D eigenvalue weighted by molar-refractivity contribution is 5.98. The first-order valence-electron chi connectivity index (χ1n) is 10.6. The van der Waals surface area contributed by atoms with Crippen LogP contribution in [0.2, 0.25) is 0 Å². The van der Waals surface area contributed by atoms with Crippen molar-refractivity contribution in [2.45, 2.75) is 39.7 Å². The molecular formula is C24H27FN4O2. The average Bonchev–Trinajstić information content (AvgIpc) is 3.33. The van der Waals surface area contributed by atoms with Gasteiger partial charge in [0.1, 0.15) is 17.7 Å². The molecule has 7 heteroatoms. The van der Waals surface area contributed by atoms with Crippen LogP contribution in [0.4, 0.5) is 10.1 Å². The van der Waals surface area contributed by atoms with E-state index >= 15 is 0 Å². The smallest absolute Gasteiger partial charge is 0.247 e. The molecule has 0 spiro atoms. The Hall–Kier alpha value is -3.22. The molecule has 1 atom stereocenters. The quantitative estimate of drug-likeness (QED) is 0.683. The molecule has 1 aliphatic rings. The van der Waals surface area contributed by atoms with Gasteiger partial charge in [-0.05, 0) is 55.7 Å². The number of halogens is 1. The third-order valence-electron chi connectivity index (χ3n) is 5.92. The number of carbonyl (C=O) groups excluding carboxylic acids is 2. The maximum absolute atomic E-state index is 13.6. The molecule has 1 aromatic heterocycles. The van der Waals surface area contributed by atoms with Crippen molar-refractivity contribution in [1.29, 1.82) is 0 Å². The molecular weight excluding hydrogens is 395 g/mol. The van der Waals surface area contributed by atoms with E-state index in [9.17, 15) is 14.0 Å². The number of aryl methyl sites for hydroxylation is 2. The van der Waals surface area contributed by atoms with E-state index < -0.39 is 6.04 Å². The first-order valence-corrected chi connectivity index (χ1v) is 10.6. The third-order valence-corrected chi connectivity index (χ3v) is 5.92. The normalized spacial score (nSPS) is 16.3. The average molecular weight is 423 g/mol. The molecule has 1 fully saturated rings. The van der Waals surface area contributed by atoms with Crippen LogP contribution in [0.15, 0.2) is 36.4 Å². The van der Waals surface area contributed by atoms with Gasteiger partial charge < -0.3 is 14.8 Å². The van der Waals surface area contributed by atoms with Gasteiger partial charge in [0.05, 0.1) is 11.0 Å². The summed E-state index contributed by atoms with van der Waals surface area (Å²) in [6.07, 6.45) is 1.51. The van der Waals surface area contributed by atoms with Gasteiger partial charge in [0.15, 0.2) is 0 Å². The fourth-order valence-electron chi connectivity index (χ4n) is 4.22. The van der Waals surface area contributed by atoms with Gasteiger partial charge in [-0.1, -0.05) is 13.8 Å². The Labute approximate surface area is 181 Å². The number of hydrogen-bond acceptors (Lipinski definition) is 3. The molecule has 1 aliphatic heterocycles. The standard InChI is InChI=1S/C24H27FN4O2/c1-14(2)24(31)29-11-5-6-21(29)23(30)27-18-9-7-16(12-15(18)3)22-26-19-13-17(25)8-10-20(19)28(22)4/h7-10,12-14,21H,5-6,11H2,1-4H3,(H,27,30)/t21-/m1/s1. The number of amides is 2. The maximum atomic E-state index is 13.6. The molecule has 0 unspecified atom stereocenters. The Balaban J connectivity index is 1.56. The van der Waals surface area contributed by atoms with Crippen molar-refractivity contribution in [2.75, 3.05) is 11.9 Å². The summed E-state index contributed by atoms with van der Waals surface area (Å²) < 4.78 is 15.5. The van der Waals surface area contributed by atoms with Crippen LogP contribution in [0, 0.1) is 18.7 Å². The maximum Gasteiger partial charge on any atom is 0.247 e. The highest BCUT2D eigenvalue weighted by Crippen LogP contribution is 2.28. The number of nitrogens with one attached hydrogen (secondary N) is 1. The summed E-state index contributed by atoms with van der Waals surface area (Å²) in [7, 11) is 1.90. The number of fused-ring (bicyclic) bond motifs is 1. The minimum absolute atomic E-state index is 0.0167. The summed E-state index contributed by atoms with van der Waals surface area (Å²) in [6.45, 7) is 6.26. The van der Waals surface area contributed by atoms with Gasteiger partial charge in [-0.15, -0.1) is 0 Å². The number of imidazole rings is 1. The number of carbonyl (C=O) groups is 2. The lowest BCUT2D eigenvalue weighted by Gasteiger charge is -2.26. The number of nitrogens with zero attached hydrogens (tertiary/aromatic N) is 3. The molecule has 0 saturated carbocycles. The Kier molecular flexibility index (Phi) is 5.52. The first kappa shape index (κ1) is 21.0. The molecule has 3 aromatic rings. The van der Waals surface area contributed by atoms with Crippen molar-refractivity contribution in [3.05, 3.63) is 47.8 Å². The number of aromatic nitrogens is 2. The topological polar surface area (TPSA) is 67.2 Å². The van der Waals surface area contributed by atoms with Crippen LogP contribution >= 0.6 is 0 Å². The summed E-state index contributed by atoms with van der Waals surface area (Å²) in [5, 5.41) is 2.99. The molecule has 31 heavy (non-hydrogen) atoms. The van der Waals surface area contributed by atoms with Crippen molar-refractivity contribution >= 4 is 28.5 Å². The molecule has 4 rings (SSSR count). The van der Waals surface area contributed by atoms with Crippen LogP contribution in [0.3, 0.4) is 0 Å². The molecule has 2 aromatic carbocycles. The predicted molar refractivity (Wildman–Crippen MR) is 119 cm³/mol. The van der Waals surface area contributed by atoms with E-state index in [1.165, 1.54) is 12.1 Å². The van der Waals surface area contributed by atoms with Crippen LogP contribution < -0.4 is 5.32 Å². The number of benzene rings is 2. The molecule has 2 amide bonds. The minimum atomic E-state index is -0.427. The first-order chi connectivity index (χ1) is 14.8. The summed E-state index contributed by atoms with van der Waals surface area (Å²) in [5.41, 5.74) is 3.93. The second kappa shape index (κ2) is 8.13. The molecule has 0 radical (unpaired) electrons. The third kappa shape index (κ3) is 3.92. The lowest BCUT2D eigenvalue weighted by Crippen LogP contribution is -2.44. The fourth-order valence-corrected chi connectivity index (χ4v) is 4.22. The predicted octanol–water partition coefficient (Wildman–Crippen LogP) is 4.27. The number of hydrogen-bond donors (Lipinski definition) is 1. The van der Waals surface area contributed by atoms with Gasteiger partial charge in [-0.2, -0.15) is 0 Å². The number of anilines is 1. The van der Waals surface area contributed by atoms with Gasteiger partial charge in [0.2, 0.25) is 11.8 Å². The zero-order valence-electron chi connectivity index (χ0n) is 18.3. The van der Waals surface area contributed by atoms with E-state index in [-0.39, 0.29) is 23.5 Å². The van der Waals surface area contributed by atoms with Gasteiger partial charge in [0, 0.05) is 36.8 Å². The van der Waals surface area contributed by atoms with E-state index in [0.29, 0.717) is 24.2 Å². The van der Waals surface area contributed by atoms with Gasteiger partial charge in [0.25, 0.3) is 0 Å². The minimum Gasteiger partial charge on any atom is -0.330 e. The summed E-state index contributed by atoms with van der Waals surface area (Å²) in [5.74, 6) is 0.147. The van der Waals surface area contributed by atoms with E-state index in [0.717, 1.165) is 28.9 Å². The van der Waals surface area contributed by atoms with Crippen LogP contribution in [0.1, 0.15) is 32.3 Å². The van der Waals surface area contributed by atoms with Gasteiger partial charge in [-0.3, -0.25) is 9.59 Å². The lowest BCUT2D eigenvalue weighted by molar-refractivity contribution is -0.139. The van der Waals surface area contributed by atoms with Crippen molar-refractivity contribution in [1.82, 2.24) is 14.5 Å². The lowest BCUT2D eigenvalue weighted by atomic mass is 10.1. The molecule has 0 aliphatic carbocycles. The van der Waals surface area contributed by atoms with Crippen molar-refractivity contribution in [3.63, 3.8) is 0 Å². The van der Waals surface area contributed by atoms with Crippen molar-refractivity contribution in [3.8, 4) is 11.4 Å². The van der Waals surface area contributed by atoms with E-state index in [4.69, 9.17) is 0 Å². The van der Waals surface area contributed by atoms with Gasteiger partial charge in [-0.25, -0.2) is 9.37 Å². The summed E-state index contributed by atoms with van der Waals surface area (Å²) in [4.78, 5) is 31.6. The highest BCUT2D eigenvalue weighted by atomic mass is 19.1. The van der Waals surface area contributed by atoms with Gasteiger partial charge >= 0.3 is 0 Å². The SMILES string of the molecule is Cc1cc(-c2nc3cc(F)ccc3n2C)ccc1NC(=O)[C@H]1CCCN1C(=O)C(C)C. The van der Waals surface area contributed by atoms with Crippen LogP contribution in [0.25, 0.3) is 22.4 Å². The Bertz CT molecular complexity index is 1170. The molecule has 162 valence electrons. The van der Waals surface area contributed by atoms with Crippen LogP contribution in [0.5, 0.6) is 0 Å². The van der Waals surface area contributed by atoms with Crippen LogP contribution in [-0.2, 0) is 16.6 Å². The monoisotopic (exact) mass is 422 g/mol. The summed E-state index contributed by atoms with van der Waals surface area (Å²) >= 11 is 0. The number of likely N-dealkylation sites (tertiary alicyclic amines) is 1. The molecule has 1 saturated heterocycles. The van der Waals surface area contributed by atoms with Crippen LogP contribution in [-0.4, -0.2) is 38.9 Å². The van der Waals surface area contributed by atoms with E-state index in [2.05, 4.69) is 10.3 Å². The molecule has 6 nitrogen and oxygen atoms in total. The second-order valence-corrected chi connectivity index (χ2v) is 8.49. The zero-order valence-corrected chi connectivity index (χ0v) is 18.3. The molecule has 1 N–H and O–H groups in total. The van der Waals surface area contributed by atoms with E-state index in [1.54, 1.807) is 11.0 Å². The number of rotatable bonds is 4. The second-order valence-electron chi connectivity index (χ2n) is 8.49. The Morgan fingerprint density at radius 1 is 1.19 bits per heavy atom. The van der Waals surface area contributed by atoms with E-state index in [1.807, 2.05) is 50.6 Å². The van der Waals surface area contributed by atoms with Crippen molar-refractivity contribution in [2.24, 2.45) is 13.0 Å². The molecule has 2 heterocycles. The summed E-state index contributed by atoms with van der Waals surface area (Å²) in [6, 6.07) is 9.84. The van der Waals surface area contributed by atoms with Crippen molar-refractivity contribution < 1.29 is 14.0 Å². The Morgan fingerprint density at radius 3 is 2.68 bits per heavy atom. The zero-order chi connectivity index (χ0) is 22.3.